The minimum atomic E-state index is 0.374. The van der Waals surface area contributed by atoms with Crippen LogP contribution in [0.25, 0.3) is 0 Å². The fraction of sp³-hybridized carbons (Fsp3) is 1.00. The Labute approximate surface area is 98.9 Å². The van der Waals surface area contributed by atoms with Crippen molar-refractivity contribution in [2.45, 2.75) is 52.1 Å². The Morgan fingerprint density at radius 1 is 1.06 bits per heavy atom. The molecule has 1 heteroatoms. The summed E-state index contributed by atoms with van der Waals surface area (Å²) >= 11 is 0. The SMILES string of the molecule is C[C@H]1CC[C@@H]2[C@H]1[C@@H]1[C@H](CC[C@]23CO3)C1(C)C. The predicted octanol–water partition coefficient (Wildman–Crippen LogP) is 3.48. The van der Waals surface area contributed by atoms with Crippen molar-refractivity contribution in [3.05, 3.63) is 0 Å². The summed E-state index contributed by atoms with van der Waals surface area (Å²) in [6, 6.07) is 0. The van der Waals surface area contributed by atoms with E-state index in [-0.39, 0.29) is 0 Å². The summed E-state index contributed by atoms with van der Waals surface area (Å²) in [5, 5.41) is 0. The van der Waals surface area contributed by atoms with Crippen LogP contribution in [0, 0.1) is 35.0 Å². The van der Waals surface area contributed by atoms with Gasteiger partial charge in [-0.3, -0.25) is 0 Å². The van der Waals surface area contributed by atoms with E-state index in [0.29, 0.717) is 11.0 Å². The molecule has 0 amide bonds. The van der Waals surface area contributed by atoms with Crippen molar-refractivity contribution < 1.29 is 4.74 Å². The Bertz CT molecular complexity index is 328. The number of fused-ring (bicyclic) bond motifs is 4. The summed E-state index contributed by atoms with van der Waals surface area (Å²) in [5.74, 6) is 4.91. The van der Waals surface area contributed by atoms with E-state index in [1.54, 1.807) is 0 Å². The number of ether oxygens (including phenoxy) is 1. The van der Waals surface area contributed by atoms with Crippen LogP contribution in [0.4, 0.5) is 0 Å². The van der Waals surface area contributed by atoms with Gasteiger partial charge in [-0.05, 0) is 54.3 Å². The largest absolute Gasteiger partial charge is 0.369 e. The maximum Gasteiger partial charge on any atom is 0.0947 e. The zero-order chi connectivity index (χ0) is 11.1. The molecule has 1 spiro atoms. The Balaban J connectivity index is 1.71. The molecule has 90 valence electrons. The van der Waals surface area contributed by atoms with Crippen LogP contribution in [-0.2, 0) is 4.74 Å². The van der Waals surface area contributed by atoms with E-state index >= 15 is 0 Å². The van der Waals surface area contributed by atoms with Crippen LogP contribution in [-0.4, -0.2) is 12.2 Å². The lowest BCUT2D eigenvalue weighted by molar-refractivity contribution is 0.141. The van der Waals surface area contributed by atoms with Gasteiger partial charge in [0.25, 0.3) is 0 Å². The van der Waals surface area contributed by atoms with E-state index in [1.807, 2.05) is 0 Å². The van der Waals surface area contributed by atoms with E-state index in [4.69, 9.17) is 4.74 Å². The van der Waals surface area contributed by atoms with Crippen molar-refractivity contribution >= 4 is 0 Å². The lowest BCUT2D eigenvalue weighted by atomic mass is 9.76. The molecule has 6 atom stereocenters. The molecular formula is C15H24O. The summed E-state index contributed by atoms with van der Waals surface area (Å²) in [7, 11) is 0. The summed E-state index contributed by atoms with van der Waals surface area (Å²) in [6.45, 7) is 8.60. The predicted molar refractivity (Wildman–Crippen MR) is 64.1 cm³/mol. The lowest BCUT2D eigenvalue weighted by Gasteiger charge is -2.28. The van der Waals surface area contributed by atoms with Crippen molar-refractivity contribution in [1.29, 1.82) is 0 Å². The third-order valence-electron chi connectivity index (χ3n) is 6.68. The van der Waals surface area contributed by atoms with Gasteiger partial charge in [-0.2, -0.15) is 0 Å². The van der Waals surface area contributed by atoms with E-state index in [9.17, 15) is 0 Å². The first kappa shape index (κ1) is 9.94. The molecule has 3 aliphatic carbocycles. The third-order valence-corrected chi connectivity index (χ3v) is 6.68. The van der Waals surface area contributed by atoms with Crippen molar-refractivity contribution in [3.8, 4) is 0 Å². The van der Waals surface area contributed by atoms with Crippen LogP contribution in [0.2, 0.25) is 0 Å². The highest BCUT2D eigenvalue weighted by molar-refractivity contribution is 5.18. The van der Waals surface area contributed by atoms with Crippen LogP contribution in [0.5, 0.6) is 0 Å². The number of rotatable bonds is 0. The minimum absolute atomic E-state index is 0.374. The normalized spacial score (nSPS) is 61.3. The molecule has 1 aliphatic heterocycles. The van der Waals surface area contributed by atoms with Crippen LogP contribution in [0.15, 0.2) is 0 Å². The zero-order valence-corrected chi connectivity index (χ0v) is 10.8. The fourth-order valence-corrected chi connectivity index (χ4v) is 5.58. The molecule has 0 aromatic heterocycles. The molecule has 0 aromatic carbocycles. The average molecular weight is 220 g/mol. The molecular weight excluding hydrogens is 196 g/mol. The van der Waals surface area contributed by atoms with Crippen molar-refractivity contribution in [3.63, 3.8) is 0 Å². The molecule has 3 saturated carbocycles. The van der Waals surface area contributed by atoms with Crippen LogP contribution >= 0.6 is 0 Å². The van der Waals surface area contributed by atoms with Gasteiger partial charge in [0.15, 0.2) is 0 Å². The van der Waals surface area contributed by atoms with Gasteiger partial charge in [-0.25, -0.2) is 0 Å². The lowest BCUT2D eigenvalue weighted by Crippen LogP contribution is -2.30. The Morgan fingerprint density at radius 2 is 1.81 bits per heavy atom. The summed E-state index contributed by atoms with van der Waals surface area (Å²) in [6.07, 6.45) is 5.72. The molecule has 16 heavy (non-hydrogen) atoms. The Hall–Kier alpha value is -0.0400. The first-order chi connectivity index (χ1) is 7.56. The van der Waals surface area contributed by atoms with Gasteiger partial charge in [0, 0.05) is 0 Å². The van der Waals surface area contributed by atoms with Crippen molar-refractivity contribution in [1.82, 2.24) is 0 Å². The Morgan fingerprint density at radius 3 is 2.50 bits per heavy atom. The second-order valence-electron chi connectivity index (χ2n) is 7.58. The van der Waals surface area contributed by atoms with Gasteiger partial charge < -0.3 is 4.74 Å². The molecule has 1 heterocycles. The monoisotopic (exact) mass is 220 g/mol. The van der Waals surface area contributed by atoms with Crippen LogP contribution in [0.1, 0.15) is 46.5 Å². The topological polar surface area (TPSA) is 12.5 Å². The zero-order valence-electron chi connectivity index (χ0n) is 10.8. The highest BCUT2D eigenvalue weighted by atomic mass is 16.6. The number of hydrogen-bond acceptors (Lipinski definition) is 1. The maximum atomic E-state index is 5.92. The molecule has 4 rings (SSSR count). The third kappa shape index (κ3) is 1.02. The molecule has 4 aliphatic rings. The molecule has 0 bridgehead atoms. The van der Waals surface area contributed by atoms with Gasteiger partial charge in [-0.15, -0.1) is 0 Å². The first-order valence-corrected chi connectivity index (χ1v) is 7.20. The van der Waals surface area contributed by atoms with Gasteiger partial charge in [0.05, 0.1) is 12.2 Å². The van der Waals surface area contributed by atoms with Gasteiger partial charge in [-0.1, -0.05) is 27.2 Å². The number of epoxide rings is 1. The van der Waals surface area contributed by atoms with E-state index < -0.39 is 0 Å². The molecule has 0 unspecified atom stereocenters. The van der Waals surface area contributed by atoms with Crippen LogP contribution < -0.4 is 0 Å². The molecule has 0 N–H and O–H groups in total. The number of hydrogen-bond donors (Lipinski definition) is 0. The van der Waals surface area contributed by atoms with Crippen LogP contribution in [0.3, 0.4) is 0 Å². The smallest absolute Gasteiger partial charge is 0.0947 e. The molecule has 1 nitrogen and oxygen atoms in total. The standard InChI is InChI=1S/C15H24O/c1-9-4-5-10-12(9)13-11(14(13,2)3)6-7-15(10)8-16-15/h9-13H,4-8H2,1-3H3/t9-,10+,11-,12-,13-,15-/m0/s1. The molecule has 0 aromatic rings. The fourth-order valence-electron chi connectivity index (χ4n) is 5.58. The molecule has 0 radical (unpaired) electrons. The first-order valence-electron chi connectivity index (χ1n) is 7.20. The Kier molecular flexibility index (Phi) is 1.67. The van der Waals surface area contributed by atoms with Crippen molar-refractivity contribution in [2.75, 3.05) is 6.61 Å². The minimum Gasteiger partial charge on any atom is -0.369 e. The van der Waals surface area contributed by atoms with Crippen molar-refractivity contribution in [2.24, 2.45) is 35.0 Å². The van der Waals surface area contributed by atoms with Gasteiger partial charge in [0.1, 0.15) is 0 Å². The van der Waals surface area contributed by atoms with E-state index in [0.717, 1.165) is 36.2 Å². The van der Waals surface area contributed by atoms with Gasteiger partial charge in [0.2, 0.25) is 0 Å². The maximum absolute atomic E-state index is 5.92. The summed E-state index contributed by atoms with van der Waals surface area (Å²) in [4.78, 5) is 0. The van der Waals surface area contributed by atoms with Gasteiger partial charge >= 0.3 is 0 Å². The highest BCUT2D eigenvalue weighted by Crippen LogP contribution is 2.72. The molecule has 4 fully saturated rings. The second-order valence-corrected chi connectivity index (χ2v) is 7.58. The van der Waals surface area contributed by atoms with E-state index in [1.165, 1.54) is 25.7 Å². The highest BCUT2D eigenvalue weighted by Gasteiger charge is 2.70. The summed E-state index contributed by atoms with van der Waals surface area (Å²) < 4.78 is 5.92. The molecule has 1 saturated heterocycles. The average Bonchev–Trinajstić information content (AvgIpc) is 3.07. The second kappa shape index (κ2) is 2.68. The quantitative estimate of drug-likeness (QED) is 0.569. The van der Waals surface area contributed by atoms with E-state index in [2.05, 4.69) is 20.8 Å². The summed E-state index contributed by atoms with van der Waals surface area (Å²) in [5.41, 5.74) is 1.02.